The van der Waals surface area contributed by atoms with E-state index in [1.54, 1.807) is 0 Å². The molecule has 0 radical (unpaired) electrons. The van der Waals surface area contributed by atoms with E-state index in [0.29, 0.717) is 13.2 Å². The van der Waals surface area contributed by atoms with Gasteiger partial charge in [-0.15, -0.1) is 0 Å². The zero-order valence-electron chi connectivity index (χ0n) is 11.2. The number of para-hydroxylation sites is 1. The van der Waals surface area contributed by atoms with Crippen molar-refractivity contribution in [3.8, 4) is 11.5 Å². The van der Waals surface area contributed by atoms with E-state index in [1.807, 2.05) is 12.1 Å². The van der Waals surface area contributed by atoms with Crippen LogP contribution >= 0.6 is 11.8 Å². The molecular formula is C15H21NO2S. The average molecular weight is 279 g/mol. The van der Waals surface area contributed by atoms with Gasteiger partial charge in [-0.1, -0.05) is 18.6 Å². The predicted molar refractivity (Wildman–Crippen MR) is 79.2 cm³/mol. The number of nitrogens with one attached hydrogen (secondary N) is 1. The Labute approximate surface area is 119 Å². The third-order valence-corrected chi connectivity index (χ3v) is 5.01. The van der Waals surface area contributed by atoms with Crippen molar-refractivity contribution in [2.24, 2.45) is 0 Å². The Bertz CT molecular complexity index is 419. The Morgan fingerprint density at radius 1 is 1.21 bits per heavy atom. The Hall–Kier alpha value is -0.870. The number of hydrogen-bond donors (Lipinski definition) is 1. The van der Waals surface area contributed by atoms with E-state index in [1.165, 1.54) is 30.6 Å². The summed E-state index contributed by atoms with van der Waals surface area (Å²) in [5, 5.41) is 4.35. The molecule has 1 N–H and O–H groups in total. The van der Waals surface area contributed by atoms with Gasteiger partial charge in [0.15, 0.2) is 11.5 Å². The van der Waals surface area contributed by atoms with E-state index in [0.717, 1.165) is 29.8 Å². The van der Waals surface area contributed by atoms with E-state index < -0.39 is 0 Å². The van der Waals surface area contributed by atoms with Crippen molar-refractivity contribution in [2.45, 2.75) is 31.1 Å². The first-order valence-electron chi connectivity index (χ1n) is 7.13. The van der Waals surface area contributed by atoms with E-state index in [9.17, 15) is 0 Å². The minimum Gasteiger partial charge on any atom is -0.486 e. The molecule has 0 aromatic heterocycles. The molecule has 2 aliphatic heterocycles. The smallest absolute Gasteiger partial charge is 0.165 e. The molecule has 2 heterocycles. The molecule has 0 spiro atoms. The van der Waals surface area contributed by atoms with Gasteiger partial charge in [0.25, 0.3) is 0 Å². The summed E-state index contributed by atoms with van der Waals surface area (Å²) in [5.74, 6) is 3.14. The highest BCUT2D eigenvalue weighted by atomic mass is 32.2. The van der Waals surface area contributed by atoms with Crippen LogP contribution in [0.4, 0.5) is 0 Å². The number of fused-ring (bicyclic) bond motifs is 1. The van der Waals surface area contributed by atoms with Gasteiger partial charge in [0.1, 0.15) is 13.2 Å². The Balaban J connectivity index is 1.54. The maximum absolute atomic E-state index is 5.73. The van der Waals surface area contributed by atoms with Crippen molar-refractivity contribution in [1.29, 1.82) is 0 Å². The van der Waals surface area contributed by atoms with Crippen molar-refractivity contribution >= 4 is 11.8 Å². The van der Waals surface area contributed by atoms with Crippen molar-refractivity contribution in [3.63, 3.8) is 0 Å². The van der Waals surface area contributed by atoms with Gasteiger partial charge >= 0.3 is 0 Å². The third kappa shape index (κ3) is 3.37. The quantitative estimate of drug-likeness (QED) is 0.918. The van der Waals surface area contributed by atoms with Crippen LogP contribution in [0.25, 0.3) is 0 Å². The summed E-state index contributed by atoms with van der Waals surface area (Å²) in [4.78, 5) is 0. The summed E-state index contributed by atoms with van der Waals surface area (Å²) in [6.07, 6.45) is 4.12. The lowest BCUT2D eigenvalue weighted by atomic mass is 10.1. The molecule has 1 aromatic rings. The first kappa shape index (κ1) is 13.1. The molecule has 0 aliphatic carbocycles. The van der Waals surface area contributed by atoms with Gasteiger partial charge in [-0.05, 0) is 24.7 Å². The Morgan fingerprint density at radius 2 is 2.16 bits per heavy atom. The first-order valence-corrected chi connectivity index (χ1v) is 8.18. The average Bonchev–Trinajstić information content (AvgIpc) is 2.49. The zero-order chi connectivity index (χ0) is 12.9. The second-order valence-electron chi connectivity index (χ2n) is 5.06. The fourth-order valence-electron chi connectivity index (χ4n) is 2.61. The molecule has 3 rings (SSSR count). The molecule has 104 valence electrons. The van der Waals surface area contributed by atoms with Crippen molar-refractivity contribution in [2.75, 3.05) is 25.5 Å². The van der Waals surface area contributed by atoms with Gasteiger partial charge in [-0.3, -0.25) is 0 Å². The highest BCUT2D eigenvalue weighted by Crippen LogP contribution is 2.33. The van der Waals surface area contributed by atoms with Crippen LogP contribution in [0.3, 0.4) is 0 Å². The van der Waals surface area contributed by atoms with E-state index in [4.69, 9.17) is 9.47 Å². The standard InChI is InChI=1S/C15H21NO2S/c1-2-9-19-13(5-1)11-16-10-12-4-3-6-14-15(12)18-8-7-17-14/h3-4,6,13,16H,1-2,5,7-11H2. The SMILES string of the molecule is c1cc(CNCC2CCCCS2)c2c(c1)OCCO2. The molecule has 0 saturated carbocycles. The van der Waals surface area contributed by atoms with Crippen LogP contribution in [0.2, 0.25) is 0 Å². The van der Waals surface area contributed by atoms with E-state index in [-0.39, 0.29) is 0 Å². The third-order valence-electron chi connectivity index (χ3n) is 3.61. The number of benzene rings is 1. The van der Waals surface area contributed by atoms with E-state index in [2.05, 4.69) is 23.1 Å². The van der Waals surface area contributed by atoms with Gasteiger partial charge in [-0.2, -0.15) is 11.8 Å². The molecule has 0 amide bonds. The van der Waals surface area contributed by atoms with Gasteiger partial charge < -0.3 is 14.8 Å². The van der Waals surface area contributed by atoms with Crippen LogP contribution < -0.4 is 14.8 Å². The van der Waals surface area contributed by atoms with Gasteiger partial charge in [0.05, 0.1) is 0 Å². The maximum Gasteiger partial charge on any atom is 0.165 e. The van der Waals surface area contributed by atoms with E-state index >= 15 is 0 Å². The first-order chi connectivity index (χ1) is 9.43. The lowest BCUT2D eigenvalue weighted by Crippen LogP contribution is -2.27. The van der Waals surface area contributed by atoms with Crippen LogP contribution in [0.15, 0.2) is 18.2 Å². The number of ether oxygens (including phenoxy) is 2. The second kappa shape index (κ2) is 6.53. The summed E-state index contributed by atoms with van der Waals surface area (Å²) >= 11 is 2.11. The molecule has 0 bridgehead atoms. The number of hydrogen-bond acceptors (Lipinski definition) is 4. The van der Waals surface area contributed by atoms with Gasteiger partial charge in [0, 0.05) is 23.9 Å². The van der Waals surface area contributed by atoms with Crippen LogP contribution in [-0.2, 0) is 6.54 Å². The molecule has 1 atom stereocenters. The molecule has 3 nitrogen and oxygen atoms in total. The molecule has 1 aromatic carbocycles. The van der Waals surface area contributed by atoms with Crippen LogP contribution in [0, 0.1) is 0 Å². The molecule has 1 fully saturated rings. The topological polar surface area (TPSA) is 30.5 Å². The molecule has 4 heteroatoms. The summed E-state index contributed by atoms with van der Waals surface area (Å²) in [5.41, 5.74) is 1.21. The van der Waals surface area contributed by atoms with Crippen LogP contribution in [0.5, 0.6) is 11.5 Å². The normalized spacial score (nSPS) is 22.2. The minimum atomic E-state index is 0.655. The number of rotatable bonds is 4. The van der Waals surface area contributed by atoms with Crippen LogP contribution in [0.1, 0.15) is 24.8 Å². The monoisotopic (exact) mass is 279 g/mol. The Kier molecular flexibility index (Phi) is 4.51. The molecule has 1 saturated heterocycles. The molecular weight excluding hydrogens is 258 g/mol. The fourth-order valence-corrected chi connectivity index (χ4v) is 3.88. The van der Waals surface area contributed by atoms with Gasteiger partial charge in [0.2, 0.25) is 0 Å². The maximum atomic E-state index is 5.73. The minimum absolute atomic E-state index is 0.655. The summed E-state index contributed by atoms with van der Waals surface area (Å²) in [6, 6.07) is 6.14. The number of thioether (sulfide) groups is 1. The lowest BCUT2D eigenvalue weighted by molar-refractivity contribution is 0.169. The molecule has 2 aliphatic rings. The fraction of sp³-hybridized carbons (Fsp3) is 0.600. The lowest BCUT2D eigenvalue weighted by Gasteiger charge is -2.23. The molecule has 19 heavy (non-hydrogen) atoms. The van der Waals surface area contributed by atoms with Crippen LogP contribution in [-0.4, -0.2) is 30.8 Å². The van der Waals surface area contributed by atoms with Crippen molar-refractivity contribution < 1.29 is 9.47 Å². The summed E-state index contributed by atoms with van der Waals surface area (Å²) in [6.45, 7) is 3.27. The highest BCUT2D eigenvalue weighted by molar-refractivity contribution is 7.99. The highest BCUT2D eigenvalue weighted by Gasteiger charge is 2.16. The Morgan fingerprint density at radius 3 is 3.05 bits per heavy atom. The predicted octanol–water partition coefficient (Wildman–Crippen LogP) is 2.83. The van der Waals surface area contributed by atoms with Gasteiger partial charge in [-0.25, -0.2) is 0 Å². The molecule has 1 unspecified atom stereocenters. The summed E-state index contributed by atoms with van der Waals surface area (Å²) in [7, 11) is 0. The summed E-state index contributed by atoms with van der Waals surface area (Å²) < 4.78 is 11.3. The van der Waals surface area contributed by atoms with Crippen molar-refractivity contribution in [3.05, 3.63) is 23.8 Å². The largest absolute Gasteiger partial charge is 0.486 e. The second-order valence-corrected chi connectivity index (χ2v) is 6.47. The van der Waals surface area contributed by atoms with Crippen molar-refractivity contribution in [1.82, 2.24) is 5.32 Å². The zero-order valence-corrected chi connectivity index (χ0v) is 12.0.